The lowest BCUT2D eigenvalue weighted by atomic mass is 9.70. The van der Waals surface area contributed by atoms with Crippen molar-refractivity contribution >= 4 is 0 Å². The van der Waals surface area contributed by atoms with Crippen LogP contribution in [0.4, 0.5) is 0 Å². The topological polar surface area (TPSA) is 23.8 Å². The summed E-state index contributed by atoms with van der Waals surface area (Å²) in [6, 6.07) is 2.73. The van der Waals surface area contributed by atoms with Crippen molar-refractivity contribution in [3.8, 4) is 6.07 Å². The highest BCUT2D eigenvalue weighted by Crippen LogP contribution is 2.41. The first-order chi connectivity index (χ1) is 12.8. The highest BCUT2D eigenvalue weighted by atomic mass is 14.4. The Kier molecular flexibility index (Phi) is 10.7. The van der Waals surface area contributed by atoms with E-state index < -0.39 is 0 Å². The van der Waals surface area contributed by atoms with Crippen LogP contribution in [0.3, 0.4) is 0 Å². The standard InChI is InChI=1S/C25H45N/c1-3-5-6-7-8-10-22-11-13-23(14-12-22)19-25(20-26)24-17-15-21(9-4-2)16-18-24/h21-25H,3-19H2,1-2H3. The van der Waals surface area contributed by atoms with Crippen molar-refractivity contribution in [2.24, 2.45) is 29.6 Å². The summed E-state index contributed by atoms with van der Waals surface area (Å²) in [4.78, 5) is 0. The zero-order valence-electron chi connectivity index (χ0n) is 17.9. The Morgan fingerprint density at radius 2 is 1.27 bits per heavy atom. The maximum absolute atomic E-state index is 9.77. The van der Waals surface area contributed by atoms with E-state index >= 15 is 0 Å². The molecule has 1 atom stereocenters. The summed E-state index contributed by atoms with van der Waals surface area (Å²) < 4.78 is 0. The summed E-state index contributed by atoms with van der Waals surface area (Å²) in [5.74, 6) is 3.88. The minimum Gasteiger partial charge on any atom is -0.198 e. The number of hydrogen-bond donors (Lipinski definition) is 0. The number of hydrogen-bond acceptors (Lipinski definition) is 1. The predicted octanol–water partition coefficient (Wildman–Crippen LogP) is 8.29. The Balaban J connectivity index is 1.62. The second kappa shape index (κ2) is 12.8. The smallest absolute Gasteiger partial charge is 0.0658 e. The molecule has 1 nitrogen and oxygen atoms in total. The van der Waals surface area contributed by atoms with E-state index in [-0.39, 0.29) is 0 Å². The first-order valence-corrected chi connectivity index (χ1v) is 12.2. The molecule has 2 rings (SSSR count). The first kappa shape index (κ1) is 21.8. The molecule has 150 valence electrons. The van der Waals surface area contributed by atoms with Gasteiger partial charge in [0.15, 0.2) is 0 Å². The van der Waals surface area contributed by atoms with Crippen LogP contribution < -0.4 is 0 Å². The summed E-state index contributed by atoms with van der Waals surface area (Å²) in [5, 5.41) is 9.77. The Morgan fingerprint density at radius 3 is 1.88 bits per heavy atom. The van der Waals surface area contributed by atoms with E-state index in [1.807, 2.05) is 0 Å². The van der Waals surface area contributed by atoms with Gasteiger partial charge in [-0.2, -0.15) is 5.26 Å². The largest absolute Gasteiger partial charge is 0.198 e. The molecule has 0 radical (unpaired) electrons. The van der Waals surface area contributed by atoms with Crippen molar-refractivity contribution < 1.29 is 0 Å². The molecular weight excluding hydrogens is 314 g/mol. The van der Waals surface area contributed by atoms with Crippen LogP contribution in [0, 0.1) is 40.9 Å². The Morgan fingerprint density at radius 1 is 0.692 bits per heavy atom. The zero-order chi connectivity index (χ0) is 18.6. The monoisotopic (exact) mass is 359 g/mol. The quantitative estimate of drug-likeness (QED) is 0.340. The molecule has 0 saturated heterocycles. The molecule has 0 aromatic carbocycles. The molecule has 0 spiro atoms. The normalized spacial score (nSPS) is 30.7. The van der Waals surface area contributed by atoms with Gasteiger partial charge in [-0.1, -0.05) is 104 Å². The molecule has 2 saturated carbocycles. The molecule has 26 heavy (non-hydrogen) atoms. The van der Waals surface area contributed by atoms with Crippen molar-refractivity contribution in [2.45, 2.75) is 123 Å². The predicted molar refractivity (Wildman–Crippen MR) is 113 cm³/mol. The molecule has 2 fully saturated rings. The van der Waals surface area contributed by atoms with Gasteiger partial charge in [0, 0.05) is 5.92 Å². The Hall–Kier alpha value is -0.510. The summed E-state index contributed by atoms with van der Waals surface area (Å²) in [6.07, 6.45) is 23.7. The van der Waals surface area contributed by atoms with Crippen LogP contribution in [0.25, 0.3) is 0 Å². The van der Waals surface area contributed by atoms with Crippen LogP contribution >= 0.6 is 0 Å². The van der Waals surface area contributed by atoms with E-state index in [4.69, 9.17) is 0 Å². The molecule has 0 aliphatic heterocycles. The molecule has 1 unspecified atom stereocenters. The Labute approximate surface area is 164 Å². The van der Waals surface area contributed by atoms with E-state index in [1.165, 1.54) is 109 Å². The van der Waals surface area contributed by atoms with Crippen molar-refractivity contribution in [1.29, 1.82) is 5.26 Å². The van der Waals surface area contributed by atoms with Gasteiger partial charge in [0.25, 0.3) is 0 Å². The van der Waals surface area contributed by atoms with Gasteiger partial charge in [-0.3, -0.25) is 0 Å². The van der Waals surface area contributed by atoms with Crippen LogP contribution in [-0.2, 0) is 0 Å². The lowest BCUT2D eigenvalue weighted by Crippen LogP contribution is -2.24. The van der Waals surface area contributed by atoms with E-state index in [2.05, 4.69) is 19.9 Å². The third kappa shape index (κ3) is 7.62. The van der Waals surface area contributed by atoms with Gasteiger partial charge in [0.1, 0.15) is 0 Å². The molecule has 2 aliphatic carbocycles. The van der Waals surface area contributed by atoms with Gasteiger partial charge in [-0.15, -0.1) is 0 Å². The molecule has 0 aromatic rings. The summed E-state index contributed by atoms with van der Waals surface area (Å²) in [7, 11) is 0. The van der Waals surface area contributed by atoms with Crippen molar-refractivity contribution in [3.05, 3.63) is 0 Å². The van der Waals surface area contributed by atoms with E-state index in [1.54, 1.807) is 0 Å². The maximum Gasteiger partial charge on any atom is 0.0658 e. The van der Waals surface area contributed by atoms with Crippen molar-refractivity contribution in [3.63, 3.8) is 0 Å². The first-order valence-electron chi connectivity index (χ1n) is 12.2. The van der Waals surface area contributed by atoms with E-state index in [0.717, 1.165) is 17.8 Å². The van der Waals surface area contributed by atoms with Gasteiger partial charge in [0.2, 0.25) is 0 Å². The fourth-order valence-electron chi connectivity index (χ4n) is 5.79. The third-order valence-corrected chi connectivity index (χ3v) is 7.59. The van der Waals surface area contributed by atoms with Crippen LogP contribution in [0.15, 0.2) is 0 Å². The van der Waals surface area contributed by atoms with Gasteiger partial charge in [-0.05, 0) is 42.9 Å². The molecular formula is C25H45N. The lowest BCUT2D eigenvalue weighted by molar-refractivity contribution is 0.177. The summed E-state index contributed by atoms with van der Waals surface area (Å²) in [5.41, 5.74) is 0. The fraction of sp³-hybridized carbons (Fsp3) is 0.960. The van der Waals surface area contributed by atoms with E-state index in [9.17, 15) is 5.26 Å². The fourth-order valence-corrected chi connectivity index (χ4v) is 5.79. The van der Waals surface area contributed by atoms with Crippen LogP contribution in [-0.4, -0.2) is 0 Å². The zero-order valence-corrected chi connectivity index (χ0v) is 17.9. The molecule has 0 heterocycles. The summed E-state index contributed by atoms with van der Waals surface area (Å²) in [6.45, 7) is 4.61. The van der Waals surface area contributed by atoms with Crippen LogP contribution in [0.2, 0.25) is 0 Å². The summed E-state index contributed by atoms with van der Waals surface area (Å²) >= 11 is 0. The average Bonchev–Trinajstić information content (AvgIpc) is 2.68. The van der Waals surface area contributed by atoms with Crippen molar-refractivity contribution in [1.82, 2.24) is 0 Å². The number of nitrogens with zero attached hydrogens (tertiary/aromatic N) is 1. The number of rotatable bonds is 11. The molecule has 0 N–H and O–H groups in total. The van der Waals surface area contributed by atoms with Crippen molar-refractivity contribution in [2.75, 3.05) is 0 Å². The van der Waals surface area contributed by atoms with Gasteiger partial charge >= 0.3 is 0 Å². The average molecular weight is 360 g/mol. The minimum absolute atomic E-state index is 0.355. The minimum atomic E-state index is 0.355. The molecule has 1 heteroatoms. The SMILES string of the molecule is CCCCCCCC1CCC(CC(C#N)C2CCC(CCC)CC2)CC1. The van der Waals surface area contributed by atoms with Gasteiger partial charge in [0.05, 0.1) is 6.07 Å². The highest BCUT2D eigenvalue weighted by Gasteiger charge is 2.30. The second-order valence-electron chi connectivity index (χ2n) is 9.63. The molecule has 2 aliphatic rings. The van der Waals surface area contributed by atoms with E-state index in [0.29, 0.717) is 11.8 Å². The van der Waals surface area contributed by atoms with Gasteiger partial charge in [-0.25, -0.2) is 0 Å². The number of nitriles is 1. The van der Waals surface area contributed by atoms with Gasteiger partial charge < -0.3 is 0 Å². The van der Waals surface area contributed by atoms with Crippen LogP contribution in [0.5, 0.6) is 0 Å². The second-order valence-corrected chi connectivity index (χ2v) is 9.63. The molecule has 0 aromatic heterocycles. The molecule has 0 amide bonds. The third-order valence-electron chi connectivity index (χ3n) is 7.59. The van der Waals surface area contributed by atoms with Crippen LogP contribution in [0.1, 0.15) is 123 Å². The Bertz CT molecular complexity index is 379. The highest BCUT2D eigenvalue weighted by molar-refractivity contribution is 4.92. The maximum atomic E-state index is 9.77. The lowest BCUT2D eigenvalue weighted by Gasteiger charge is -2.34. The molecule has 0 bridgehead atoms. The number of unbranched alkanes of at least 4 members (excludes halogenated alkanes) is 4.